The highest BCUT2D eigenvalue weighted by molar-refractivity contribution is 9.10. The monoisotopic (exact) mass is 412 g/mol. The molecule has 0 aliphatic carbocycles. The van der Waals surface area contributed by atoms with Crippen LogP contribution in [-0.4, -0.2) is 15.1 Å². The molecule has 1 saturated heterocycles. The van der Waals surface area contributed by atoms with Gasteiger partial charge in [-0.3, -0.25) is 4.98 Å². The summed E-state index contributed by atoms with van der Waals surface area (Å²) in [4.78, 5) is 10.2. The fourth-order valence-corrected chi connectivity index (χ4v) is 3.86. The molecule has 1 aliphatic rings. The van der Waals surface area contributed by atoms with Crippen LogP contribution in [0, 0.1) is 6.92 Å². The van der Waals surface area contributed by atoms with Gasteiger partial charge in [0.2, 0.25) is 0 Å². The van der Waals surface area contributed by atoms with Crippen molar-refractivity contribution in [3.05, 3.63) is 82.3 Å². The summed E-state index contributed by atoms with van der Waals surface area (Å²) in [6, 6.07) is 18.4. The van der Waals surface area contributed by atoms with Gasteiger partial charge >= 0.3 is 0 Å². The fraction of sp³-hybridized carbons (Fsp3) is 0.158. The van der Waals surface area contributed by atoms with Crippen molar-refractivity contribution >= 4 is 38.9 Å². The molecule has 0 amide bonds. The van der Waals surface area contributed by atoms with Crippen molar-refractivity contribution in [3.63, 3.8) is 0 Å². The Morgan fingerprint density at radius 3 is 2.52 bits per heavy atom. The summed E-state index contributed by atoms with van der Waals surface area (Å²) in [5.74, 6) is 0. The molecular formula is C19H17BrN4S. The number of nitrogens with one attached hydrogen (secondary N) is 2. The van der Waals surface area contributed by atoms with Crippen LogP contribution in [0.3, 0.4) is 0 Å². The molecule has 6 heteroatoms. The molecule has 0 saturated carbocycles. The molecule has 0 radical (unpaired) electrons. The summed E-state index contributed by atoms with van der Waals surface area (Å²) in [5.41, 5.74) is 4.27. The number of aromatic amines is 1. The Hall–Kier alpha value is -2.18. The van der Waals surface area contributed by atoms with Gasteiger partial charge in [-0.2, -0.15) is 0 Å². The molecule has 1 aromatic carbocycles. The van der Waals surface area contributed by atoms with Crippen LogP contribution in [0.4, 0.5) is 5.69 Å². The molecule has 126 valence electrons. The first-order valence-electron chi connectivity index (χ1n) is 8.05. The van der Waals surface area contributed by atoms with E-state index >= 15 is 0 Å². The molecule has 2 N–H and O–H groups in total. The summed E-state index contributed by atoms with van der Waals surface area (Å²) in [6.45, 7) is 2.06. The number of nitrogens with zero attached hydrogens (tertiary/aromatic N) is 2. The van der Waals surface area contributed by atoms with E-state index in [1.807, 2.05) is 36.5 Å². The maximum absolute atomic E-state index is 5.68. The van der Waals surface area contributed by atoms with E-state index in [9.17, 15) is 0 Å². The SMILES string of the molecule is Cc1ccc(C2C(c3ccccn3)NC(=S)N2c2ccc(Br)cc2)[nH]1. The Kier molecular flexibility index (Phi) is 4.31. The average molecular weight is 413 g/mol. The molecular weight excluding hydrogens is 396 g/mol. The van der Waals surface area contributed by atoms with Gasteiger partial charge in [0.1, 0.15) is 6.04 Å². The lowest BCUT2D eigenvalue weighted by Gasteiger charge is -2.27. The van der Waals surface area contributed by atoms with E-state index in [1.54, 1.807) is 0 Å². The van der Waals surface area contributed by atoms with E-state index in [4.69, 9.17) is 12.2 Å². The molecule has 3 aromatic rings. The van der Waals surface area contributed by atoms with Crippen LogP contribution in [0.1, 0.15) is 29.2 Å². The topological polar surface area (TPSA) is 44.0 Å². The first kappa shape index (κ1) is 16.3. The summed E-state index contributed by atoms with van der Waals surface area (Å²) in [5, 5.41) is 4.16. The Morgan fingerprint density at radius 2 is 1.88 bits per heavy atom. The molecule has 1 fully saturated rings. The number of rotatable bonds is 3. The van der Waals surface area contributed by atoms with Crippen LogP contribution >= 0.6 is 28.1 Å². The zero-order chi connectivity index (χ0) is 17.4. The standard InChI is InChI=1S/C19H17BrN4S/c1-12-5-10-16(22-12)18-17(15-4-2-3-11-21-15)23-19(25)24(18)14-8-6-13(20)7-9-14/h2-11,17-18,22H,1H3,(H,23,25). The van der Waals surface area contributed by atoms with Crippen molar-refractivity contribution in [1.29, 1.82) is 0 Å². The normalized spacial score (nSPS) is 19.9. The van der Waals surface area contributed by atoms with Gasteiger partial charge in [0.15, 0.2) is 5.11 Å². The first-order chi connectivity index (χ1) is 12.1. The Bertz CT molecular complexity index is 891. The average Bonchev–Trinajstić information content (AvgIpc) is 3.20. The number of benzene rings is 1. The molecule has 2 atom stereocenters. The van der Waals surface area contributed by atoms with Crippen molar-refractivity contribution in [2.24, 2.45) is 0 Å². The van der Waals surface area contributed by atoms with Gasteiger partial charge < -0.3 is 15.2 Å². The molecule has 2 aromatic heterocycles. The third-order valence-corrected chi connectivity index (χ3v) is 5.22. The second-order valence-electron chi connectivity index (χ2n) is 6.07. The number of aromatic nitrogens is 2. The van der Waals surface area contributed by atoms with Crippen LogP contribution in [0.25, 0.3) is 0 Å². The van der Waals surface area contributed by atoms with Crippen LogP contribution in [-0.2, 0) is 0 Å². The highest BCUT2D eigenvalue weighted by atomic mass is 79.9. The van der Waals surface area contributed by atoms with Crippen molar-refractivity contribution < 1.29 is 0 Å². The van der Waals surface area contributed by atoms with E-state index in [0.717, 1.165) is 27.2 Å². The minimum atomic E-state index is -0.0182. The minimum absolute atomic E-state index is 0.0114. The maximum atomic E-state index is 5.68. The van der Waals surface area contributed by atoms with Gasteiger partial charge in [0.05, 0.1) is 11.7 Å². The number of H-pyrrole nitrogens is 1. The smallest absolute Gasteiger partial charge is 0.174 e. The lowest BCUT2D eigenvalue weighted by molar-refractivity contribution is 0.558. The van der Waals surface area contributed by atoms with Crippen molar-refractivity contribution in [3.8, 4) is 0 Å². The zero-order valence-corrected chi connectivity index (χ0v) is 16.0. The van der Waals surface area contributed by atoms with Gasteiger partial charge in [-0.15, -0.1) is 0 Å². The molecule has 2 unspecified atom stereocenters. The quantitative estimate of drug-likeness (QED) is 0.614. The van der Waals surface area contributed by atoms with Crippen LogP contribution in [0.2, 0.25) is 0 Å². The van der Waals surface area contributed by atoms with E-state index in [1.165, 1.54) is 0 Å². The third-order valence-electron chi connectivity index (χ3n) is 4.38. The Morgan fingerprint density at radius 1 is 1.08 bits per heavy atom. The highest BCUT2D eigenvalue weighted by Gasteiger charge is 2.41. The maximum Gasteiger partial charge on any atom is 0.174 e. The van der Waals surface area contributed by atoms with E-state index in [-0.39, 0.29) is 12.1 Å². The van der Waals surface area contributed by atoms with Gasteiger partial charge in [-0.1, -0.05) is 22.0 Å². The number of aryl methyl sites for hydroxylation is 1. The number of pyridine rings is 1. The van der Waals surface area contributed by atoms with Crippen LogP contribution < -0.4 is 10.2 Å². The molecule has 3 heterocycles. The third kappa shape index (κ3) is 3.07. The lowest BCUT2D eigenvalue weighted by atomic mass is 10.0. The van der Waals surface area contributed by atoms with Gasteiger partial charge in [-0.25, -0.2) is 0 Å². The molecule has 1 aliphatic heterocycles. The summed E-state index contributed by atoms with van der Waals surface area (Å²) < 4.78 is 1.04. The molecule has 0 spiro atoms. The number of anilines is 1. The molecule has 4 rings (SSSR count). The Labute approximate surface area is 160 Å². The molecule has 4 nitrogen and oxygen atoms in total. The number of hydrogen-bond donors (Lipinski definition) is 2. The second kappa shape index (κ2) is 6.61. The first-order valence-corrected chi connectivity index (χ1v) is 9.25. The van der Waals surface area contributed by atoms with Crippen molar-refractivity contribution in [2.45, 2.75) is 19.0 Å². The van der Waals surface area contributed by atoms with Gasteiger partial charge in [0.25, 0.3) is 0 Å². The summed E-state index contributed by atoms with van der Waals surface area (Å²) in [7, 11) is 0. The Balaban J connectivity index is 1.81. The number of halogens is 1. The van der Waals surface area contributed by atoms with Gasteiger partial charge in [0, 0.05) is 27.7 Å². The predicted octanol–water partition coefficient (Wildman–Crippen LogP) is 4.66. The van der Waals surface area contributed by atoms with Crippen molar-refractivity contribution in [1.82, 2.24) is 15.3 Å². The molecule has 25 heavy (non-hydrogen) atoms. The second-order valence-corrected chi connectivity index (χ2v) is 7.37. The van der Waals surface area contributed by atoms with Crippen molar-refractivity contribution in [2.75, 3.05) is 4.90 Å². The van der Waals surface area contributed by atoms with E-state index in [2.05, 4.69) is 67.3 Å². The van der Waals surface area contributed by atoms with Crippen LogP contribution in [0.5, 0.6) is 0 Å². The predicted molar refractivity (Wildman–Crippen MR) is 108 cm³/mol. The van der Waals surface area contributed by atoms with E-state index < -0.39 is 0 Å². The number of hydrogen-bond acceptors (Lipinski definition) is 2. The largest absolute Gasteiger partial charge is 0.361 e. The number of thiocarbonyl (C=S) groups is 1. The fourth-order valence-electron chi connectivity index (χ4n) is 3.25. The minimum Gasteiger partial charge on any atom is -0.361 e. The summed E-state index contributed by atoms with van der Waals surface area (Å²) >= 11 is 9.18. The molecule has 0 bridgehead atoms. The van der Waals surface area contributed by atoms with Gasteiger partial charge in [-0.05, 0) is 67.7 Å². The zero-order valence-electron chi connectivity index (χ0n) is 13.6. The van der Waals surface area contributed by atoms with E-state index in [0.29, 0.717) is 5.11 Å². The van der Waals surface area contributed by atoms with Crippen LogP contribution in [0.15, 0.2) is 65.3 Å². The highest BCUT2D eigenvalue weighted by Crippen LogP contribution is 2.41. The lowest BCUT2D eigenvalue weighted by Crippen LogP contribution is -2.29. The summed E-state index contributed by atoms with van der Waals surface area (Å²) in [6.07, 6.45) is 1.82.